The first-order valence-corrected chi connectivity index (χ1v) is 6.41. The molecule has 0 fully saturated rings. The van der Waals surface area contributed by atoms with Gasteiger partial charge in [-0.15, -0.1) is 0 Å². The summed E-state index contributed by atoms with van der Waals surface area (Å²) < 4.78 is 11.6. The zero-order valence-electron chi connectivity index (χ0n) is 10.6. The highest BCUT2D eigenvalue weighted by Crippen LogP contribution is 2.30. The molecule has 0 spiro atoms. The summed E-state index contributed by atoms with van der Waals surface area (Å²) in [7, 11) is 0. The average molecular weight is 235 g/mol. The number of para-hydroxylation sites is 2. The second-order valence-corrected chi connectivity index (χ2v) is 4.54. The molecule has 1 aliphatic heterocycles. The highest BCUT2D eigenvalue weighted by atomic mass is 16.5. The van der Waals surface area contributed by atoms with Crippen molar-refractivity contribution in [2.24, 2.45) is 0 Å². The van der Waals surface area contributed by atoms with Crippen molar-refractivity contribution in [2.45, 2.75) is 38.8 Å². The second-order valence-electron chi connectivity index (χ2n) is 4.54. The van der Waals surface area contributed by atoms with Crippen molar-refractivity contribution < 1.29 is 9.47 Å². The van der Waals surface area contributed by atoms with Crippen LogP contribution in [0, 0.1) is 0 Å². The average Bonchev–Trinajstić information content (AvgIpc) is 2.57. The molecule has 1 N–H and O–H groups in total. The summed E-state index contributed by atoms with van der Waals surface area (Å²) in [4.78, 5) is 0. The first-order chi connectivity index (χ1) is 8.29. The number of ether oxygens (including phenoxy) is 2. The van der Waals surface area contributed by atoms with Gasteiger partial charge >= 0.3 is 0 Å². The van der Waals surface area contributed by atoms with Crippen LogP contribution in [0.3, 0.4) is 0 Å². The lowest BCUT2D eigenvalue weighted by Gasteiger charge is -2.19. The molecule has 0 aromatic heterocycles. The van der Waals surface area contributed by atoms with Crippen molar-refractivity contribution in [1.82, 2.24) is 5.32 Å². The minimum absolute atomic E-state index is 0.202. The van der Waals surface area contributed by atoms with Crippen LogP contribution in [0.5, 0.6) is 11.5 Å². The molecule has 2 unspecified atom stereocenters. The predicted octanol–water partition coefficient (Wildman–Crippen LogP) is 2.60. The highest BCUT2D eigenvalue weighted by molar-refractivity contribution is 5.40. The molecular formula is C14H21NO2. The van der Waals surface area contributed by atoms with Gasteiger partial charge < -0.3 is 14.8 Å². The Labute approximate surface area is 103 Å². The van der Waals surface area contributed by atoms with Crippen LogP contribution in [0.2, 0.25) is 0 Å². The number of fused-ring (bicyclic) bond motifs is 1. The summed E-state index contributed by atoms with van der Waals surface area (Å²) in [5.74, 6) is 1.72. The Balaban J connectivity index is 1.94. The van der Waals surface area contributed by atoms with E-state index in [4.69, 9.17) is 9.47 Å². The van der Waals surface area contributed by atoms with Gasteiger partial charge in [-0.05, 0) is 25.5 Å². The molecule has 1 aliphatic rings. The van der Waals surface area contributed by atoms with Gasteiger partial charge in [0.1, 0.15) is 6.10 Å². The number of hydrogen-bond acceptors (Lipinski definition) is 3. The molecule has 0 bridgehead atoms. The quantitative estimate of drug-likeness (QED) is 0.870. The zero-order valence-corrected chi connectivity index (χ0v) is 10.6. The van der Waals surface area contributed by atoms with Gasteiger partial charge in [-0.3, -0.25) is 0 Å². The molecule has 3 nitrogen and oxygen atoms in total. The molecule has 94 valence electrons. The minimum Gasteiger partial charge on any atom is -0.490 e. The van der Waals surface area contributed by atoms with E-state index in [0.29, 0.717) is 6.04 Å². The van der Waals surface area contributed by atoms with Crippen molar-refractivity contribution in [3.05, 3.63) is 24.3 Å². The Hall–Kier alpha value is -1.22. The van der Waals surface area contributed by atoms with Crippen LogP contribution < -0.4 is 14.8 Å². The van der Waals surface area contributed by atoms with Gasteiger partial charge in [0, 0.05) is 19.0 Å². The highest BCUT2D eigenvalue weighted by Gasteiger charge is 2.18. The smallest absolute Gasteiger partial charge is 0.161 e. The Morgan fingerprint density at radius 3 is 2.88 bits per heavy atom. The Bertz CT molecular complexity index is 354. The van der Waals surface area contributed by atoms with E-state index in [1.165, 1.54) is 0 Å². The molecule has 0 amide bonds. The molecule has 3 heteroatoms. The molecule has 17 heavy (non-hydrogen) atoms. The first-order valence-electron chi connectivity index (χ1n) is 6.41. The molecule has 0 aliphatic carbocycles. The van der Waals surface area contributed by atoms with Crippen molar-refractivity contribution in [2.75, 3.05) is 13.2 Å². The van der Waals surface area contributed by atoms with Crippen LogP contribution in [0.25, 0.3) is 0 Å². The second kappa shape index (κ2) is 5.92. The standard InChI is InChI=1S/C14H21NO2/c1-3-11(2)15-10-12-8-9-16-13-6-4-5-7-14(13)17-12/h4-7,11-12,15H,3,8-10H2,1-2H3. The SMILES string of the molecule is CCC(C)NCC1CCOc2ccccc2O1. The lowest BCUT2D eigenvalue weighted by Crippen LogP contribution is -2.36. The minimum atomic E-state index is 0.202. The van der Waals surface area contributed by atoms with E-state index in [9.17, 15) is 0 Å². The van der Waals surface area contributed by atoms with E-state index in [1.807, 2.05) is 24.3 Å². The van der Waals surface area contributed by atoms with Gasteiger partial charge in [-0.25, -0.2) is 0 Å². The Kier molecular flexibility index (Phi) is 4.26. The molecule has 1 aromatic rings. The van der Waals surface area contributed by atoms with E-state index in [0.717, 1.165) is 37.5 Å². The van der Waals surface area contributed by atoms with Crippen LogP contribution in [0.1, 0.15) is 26.7 Å². The normalized spacial score (nSPS) is 20.7. The molecule has 2 rings (SSSR count). The predicted molar refractivity (Wildman–Crippen MR) is 68.7 cm³/mol. The number of benzene rings is 1. The third-order valence-electron chi connectivity index (χ3n) is 3.15. The van der Waals surface area contributed by atoms with Gasteiger partial charge in [-0.2, -0.15) is 0 Å². The fourth-order valence-corrected chi connectivity index (χ4v) is 1.83. The molecule has 1 heterocycles. The van der Waals surface area contributed by atoms with Crippen LogP contribution in [0.4, 0.5) is 0 Å². The molecule has 2 atom stereocenters. The number of hydrogen-bond donors (Lipinski definition) is 1. The van der Waals surface area contributed by atoms with E-state index >= 15 is 0 Å². The third-order valence-corrected chi connectivity index (χ3v) is 3.15. The largest absolute Gasteiger partial charge is 0.490 e. The van der Waals surface area contributed by atoms with Gasteiger partial charge in [0.25, 0.3) is 0 Å². The molecule has 1 aromatic carbocycles. The monoisotopic (exact) mass is 235 g/mol. The van der Waals surface area contributed by atoms with Gasteiger partial charge in [-0.1, -0.05) is 19.1 Å². The van der Waals surface area contributed by atoms with E-state index < -0.39 is 0 Å². The van der Waals surface area contributed by atoms with Crippen molar-refractivity contribution in [3.8, 4) is 11.5 Å². The van der Waals surface area contributed by atoms with E-state index in [2.05, 4.69) is 19.2 Å². The molecular weight excluding hydrogens is 214 g/mol. The first kappa shape index (κ1) is 12.2. The van der Waals surface area contributed by atoms with Crippen molar-refractivity contribution in [1.29, 1.82) is 0 Å². The topological polar surface area (TPSA) is 30.5 Å². The molecule has 0 radical (unpaired) electrons. The third kappa shape index (κ3) is 3.37. The number of nitrogens with one attached hydrogen (secondary N) is 1. The summed E-state index contributed by atoms with van der Waals surface area (Å²) in [6, 6.07) is 8.42. The van der Waals surface area contributed by atoms with Gasteiger partial charge in [0.2, 0.25) is 0 Å². The van der Waals surface area contributed by atoms with Crippen LogP contribution in [-0.2, 0) is 0 Å². The maximum atomic E-state index is 5.96. The lowest BCUT2D eigenvalue weighted by molar-refractivity contribution is 0.183. The summed E-state index contributed by atoms with van der Waals surface area (Å²) in [6.07, 6.45) is 2.27. The summed E-state index contributed by atoms with van der Waals surface area (Å²) >= 11 is 0. The van der Waals surface area contributed by atoms with Crippen LogP contribution >= 0.6 is 0 Å². The van der Waals surface area contributed by atoms with Crippen molar-refractivity contribution in [3.63, 3.8) is 0 Å². The van der Waals surface area contributed by atoms with Crippen LogP contribution in [0.15, 0.2) is 24.3 Å². The summed E-state index contributed by atoms with van der Waals surface area (Å²) in [5.41, 5.74) is 0. The fourth-order valence-electron chi connectivity index (χ4n) is 1.83. The lowest BCUT2D eigenvalue weighted by atomic mass is 10.2. The maximum absolute atomic E-state index is 5.96. The number of rotatable bonds is 4. The van der Waals surface area contributed by atoms with Crippen molar-refractivity contribution >= 4 is 0 Å². The molecule has 0 saturated heterocycles. The van der Waals surface area contributed by atoms with Crippen LogP contribution in [-0.4, -0.2) is 25.3 Å². The Morgan fingerprint density at radius 1 is 1.35 bits per heavy atom. The molecule has 0 saturated carbocycles. The summed E-state index contributed by atoms with van der Waals surface area (Å²) in [5, 5.41) is 3.48. The van der Waals surface area contributed by atoms with E-state index in [-0.39, 0.29) is 6.10 Å². The maximum Gasteiger partial charge on any atom is 0.161 e. The van der Waals surface area contributed by atoms with E-state index in [1.54, 1.807) is 0 Å². The zero-order chi connectivity index (χ0) is 12.1. The van der Waals surface area contributed by atoms with Gasteiger partial charge in [0.15, 0.2) is 11.5 Å². The fraction of sp³-hybridized carbons (Fsp3) is 0.571. The van der Waals surface area contributed by atoms with Gasteiger partial charge in [0.05, 0.1) is 6.61 Å². The Morgan fingerprint density at radius 2 is 2.12 bits per heavy atom. The summed E-state index contributed by atoms with van der Waals surface area (Å²) in [6.45, 7) is 5.99.